The van der Waals surface area contributed by atoms with Gasteiger partial charge < -0.3 is 10.1 Å². The minimum absolute atomic E-state index is 0.213. The third kappa shape index (κ3) is 3.02. The van der Waals surface area contributed by atoms with E-state index in [4.69, 9.17) is 0 Å². The van der Waals surface area contributed by atoms with Gasteiger partial charge in [-0.05, 0) is 50.2 Å². The van der Waals surface area contributed by atoms with Gasteiger partial charge in [-0.15, -0.1) is 0 Å². The van der Waals surface area contributed by atoms with E-state index < -0.39 is 11.4 Å². The van der Waals surface area contributed by atoms with Crippen LogP contribution in [0.25, 0.3) is 28.2 Å². The molecule has 0 atom stereocenters. The average Bonchev–Trinajstić information content (AvgIpc) is 3.05. The quantitative estimate of drug-likeness (QED) is 0.585. The Balaban J connectivity index is 1.86. The normalized spacial score (nSPS) is 11.9. The lowest BCUT2D eigenvalue weighted by molar-refractivity contribution is 0.0739. The zero-order valence-corrected chi connectivity index (χ0v) is 14.8. The number of benzene rings is 1. The Kier molecular flexibility index (Phi) is 3.89. The standard InChI is InChI=1S/C20H17FN4O2/c1-20(2,27)17-7-9-25-16(11-23-19(25)24-17)12-5-6-15(21)14(10-12)13-4-3-8-22-18(13)26/h3-11,27H,1-2H3,(H,22,26). The topological polar surface area (TPSA) is 83.3 Å². The summed E-state index contributed by atoms with van der Waals surface area (Å²) in [5.74, 6) is -0.0558. The van der Waals surface area contributed by atoms with Gasteiger partial charge in [0.25, 0.3) is 5.56 Å². The second-order valence-corrected chi connectivity index (χ2v) is 6.79. The minimum Gasteiger partial charge on any atom is -0.384 e. The van der Waals surface area contributed by atoms with Crippen LogP contribution in [0.2, 0.25) is 0 Å². The average molecular weight is 364 g/mol. The van der Waals surface area contributed by atoms with Crippen LogP contribution in [0.4, 0.5) is 4.39 Å². The molecule has 3 heterocycles. The van der Waals surface area contributed by atoms with Crippen LogP contribution in [-0.4, -0.2) is 24.5 Å². The zero-order chi connectivity index (χ0) is 19.2. The van der Waals surface area contributed by atoms with Gasteiger partial charge >= 0.3 is 0 Å². The molecule has 0 fully saturated rings. The molecule has 0 saturated heterocycles. The fourth-order valence-electron chi connectivity index (χ4n) is 2.95. The largest absolute Gasteiger partial charge is 0.384 e. The van der Waals surface area contributed by atoms with Crippen LogP contribution in [0, 0.1) is 5.82 Å². The molecule has 1 aromatic carbocycles. The highest BCUT2D eigenvalue weighted by atomic mass is 19.1. The number of nitrogens with zero attached hydrogens (tertiary/aromatic N) is 3. The van der Waals surface area contributed by atoms with Crippen LogP contribution in [0.1, 0.15) is 19.5 Å². The van der Waals surface area contributed by atoms with Crippen molar-refractivity contribution in [2.45, 2.75) is 19.4 Å². The van der Waals surface area contributed by atoms with Crippen molar-refractivity contribution in [1.82, 2.24) is 19.4 Å². The molecular formula is C20H17FN4O2. The maximum Gasteiger partial charge on any atom is 0.255 e. The molecule has 0 aliphatic heterocycles. The first-order valence-electron chi connectivity index (χ1n) is 8.39. The Morgan fingerprint density at radius 2 is 2.00 bits per heavy atom. The molecular weight excluding hydrogens is 347 g/mol. The first kappa shape index (κ1) is 17.1. The van der Waals surface area contributed by atoms with Gasteiger partial charge in [-0.25, -0.2) is 14.4 Å². The summed E-state index contributed by atoms with van der Waals surface area (Å²) >= 11 is 0. The summed E-state index contributed by atoms with van der Waals surface area (Å²) < 4.78 is 16.1. The number of aliphatic hydroxyl groups is 1. The van der Waals surface area contributed by atoms with E-state index >= 15 is 0 Å². The molecule has 2 N–H and O–H groups in total. The van der Waals surface area contributed by atoms with Crippen molar-refractivity contribution in [2.75, 3.05) is 0 Å². The number of H-pyrrole nitrogens is 1. The molecule has 0 spiro atoms. The number of pyridine rings is 1. The van der Waals surface area contributed by atoms with E-state index in [1.165, 1.54) is 12.3 Å². The van der Waals surface area contributed by atoms with E-state index in [1.807, 2.05) is 0 Å². The molecule has 4 rings (SSSR count). The fraction of sp³-hybridized carbons (Fsp3) is 0.150. The highest BCUT2D eigenvalue weighted by Crippen LogP contribution is 2.28. The molecule has 0 amide bonds. The van der Waals surface area contributed by atoms with Crippen LogP contribution in [-0.2, 0) is 5.60 Å². The molecule has 7 heteroatoms. The van der Waals surface area contributed by atoms with Crippen molar-refractivity contribution in [2.24, 2.45) is 0 Å². The Morgan fingerprint density at radius 3 is 2.74 bits per heavy atom. The molecule has 136 valence electrons. The summed E-state index contributed by atoms with van der Waals surface area (Å²) in [5.41, 5.74) is 0.934. The minimum atomic E-state index is -1.08. The number of aromatic nitrogens is 4. The SMILES string of the molecule is CC(C)(O)c1ccn2c(-c3ccc(F)c(-c4ccc[nH]c4=O)c3)cnc2n1. The van der Waals surface area contributed by atoms with Crippen molar-refractivity contribution in [3.8, 4) is 22.4 Å². The Hall–Kier alpha value is -3.32. The number of aromatic amines is 1. The molecule has 0 bridgehead atoms. The summed E-state index contributed by atoms with van der Waals surface area (Å²) in [4.78, 5) is 23.3. The fourth-order valence-corrected chi connectivity index (χ4v) is 2.95. The van der Waals surface area contributed by atoms with Crippen LogP contribution >= 0.6 is 0 Å². The molecule has 3 aromatic heterocycles. The van der Waals surface area contributed by atoms with Crippen LogP contribution in [0.5, 0.6) is 0 Å². The van der Waals surface area contributed by atoms with E-state index in [2.05, 4.69) is 15.0 Å². The summed E-state index contributed by atoms with van der Waals surface area (Å²) in [6.45, 7) is 3.30. The van der Waals surface area contributed by atoms with Gasteiger partial charge in [-0.3, -0.25) is 9.20 Å². The van der Waals surface area contributed by atoms with Gasteiger partial charge in [0.1, 0.15) is 11.4 Å². The molecule has 0 unspecified atom stereocenters. The van der Waals surface area contributed by atoms with Crippen molar-refractivity contribution in [3.05, 3.63) is 76.9 Å². The van der Waals surface area contributed by atoms with Crippen LogP contribution in [0.15, 0.2) is 59.8 Å². The molecule has 4 aromatic rings. The number of hydrogen-bond acceptors (Lipinski definition) is 4. The summed E-state index contributed by atoms with van der Waals surface area (Å²) in [6.07, 6.45) is 4.89. The number of nitrogens with one attached hydrogen (secondary N) is 1. The monoisotopic (exact) mass is 364 g/mol. The van der Waals surface area contributed by atoms with E-state index in [-0.39, 0.29) is 16.7 Å². The predicted molar refractivity (Wildman–Crippen MR) is 99.7 cm³/mol. The number of fused-ring (bicyclic) bond motifs is 1. The molecule has 6 nitrogen and oxygen atoms in total. The lowest BCUT2D eigenvalue weighted by atomic mass is 10.0. The Labute approximate surface area is 154 Å². The molecule has 0 radical (unpaired) electrons. The second kappa shape index (κ2) is 6.14. The van der Waals surface area contributed by atoms with E-state index in [1.54, 1.807) is 61.0 Å². The van der Waals surface area contributed by atoms with Crippen molar-refractivity contribution in [3.63, 3.8) is 0 Å². The van der Waals surface area contributed by atoms with E-state index in [0.29, 0.717) is 22.7 Å². The predicted octanol–water partition coefficient (Wildman–Crippen LogP) is 3.12. The number of rotatable bonds is 3. The van der Waals surface area contributed by atoms with Gasteiger partial charge in [0.15, 0.2) is 0 Å². The molecule has 0 saturated carbocycles. The van der Waals surface area contributed by atoms with Gasteiger partial charge in [0.05, 0.1) is 17.6 Å². The highest BCUT2D eigenvalue weighted by molar-refractivity contribution is 5.72. The van der Waals surface area contributed by atoms with Gasteiger partial charge in [-0.1, -0.05) is 0 Å². The van der Waals surface area contributed by atoms with Crippen LogP contribution < -0.4 is 5.56 Å². The highest BCUT2D eigenvalue weighted by Gasteiger charge is 2.19. The maximum absolute atomic E-state index is 14.4. The lowest BCUT2D eigenvalue weighted by Crippen LogP contribution is -2.18. The van der Waals surface area contributed by atoms with Crippen molar-refractivity contribution >= 4 is 5.78 Å². The van der Waals surface area contributed by atoms with Gasteiger partial charge in [0, 0.05) is 29.1 Å². The first-order valence-corrected chi connectivity index (χ1v) is 8.39. The summed E-state index contributed by atoms with van der Waals surface area (Å²) in [6, 6.07) is 9.52. The number of halogens is 1. The summed E-state index contributed by atoms with van der Waals surface area (Å²) in [5, 5.41) is 10.1. The smallest absolute Gasteiger partial charge is 0.255 e. The molecule has 0 aliphatic rings. The Bertz CT molecular complexity index is 1200. The summed E-state index contributed by atoms with van der Waals surface area (Å²) in [7, 11) is 0. The van der Waals surface area contributed by atoms with E-state index in [0.717, 1.165) is 0 Å². The number of imidazole rings is 1. The van der Waals surface area contributed by atoms with Crippen LogP contribution in [0.3, 0.4) is 0 Å². The molecule has 0 aliphatic carbocycles. The second-order valence-electron chi connectivity index (χ2n) is 6.79. The van der Waals surface area contributed by atoms with Crippen molar-refractivity contribution < 1.29 is 9.50 Å². The third-order valence-electron chi connectivity index (χ3n) is 4.38. The van der Waals surface area contributed by atoms with Gasteiger partial charge in [0.2, 0.25) is 5.78 Å². The Morgan fingerprint density at radius 1 is 1.19 bits per heavy atom. The third-order valence-corrected chi connectivity index (χ3v) is 4.38. The number of hydrogen-bond donors (Lipinski definition) is 2. The zero-order valence-electron chi connectivity index (χ0n) is 14.8. The van der Waals surface area contributed by atoms with Gasteiger partial charge in [-0.2, -0.15) is 0 Å². The first-order chi connectivity index (χ1) is 12.8. The lowest BCUT2D eigenvalue weighted by Gasteiger charge is -2.16. The maximum atomic E-state index is 14.4. The van der Waals surface area contributed by atoms with E-state index in [9.17, 15) is 14.3 Å². The molecule has 27 heavy (non-hydrogen) atoms. The van der Waals surface area contributed by atoms with Crippen molar-refractivity contribution in [1.29, 1.82) is 0 Å².